The molecule has 0 aliphatic heterocycles. The van der Waals surface area contributed by atoms with Crippen molar-refractivity contribution in [3.8, 4) is 11.5 Å². The Morgan fingerprint density at radius 2 is 1.94 bits per heavy atom. The lowest BCUT2D eigenvalue weighted by Crippen LogP contribution is -2.14. The van der Waals surface area contributed by atoms with Crippen LogP contribution in [-0.4, -0.2) is 24.2 Å². The van der Waals surface area contributed by atoms with E-state index in [2.05, 4.69) is 9.97 Å². The van der Waals surface area contributed by atoms with Crippen LogP contribution >= 0.6 is 0 Å². The molecule has 1 heterocycles. The summed E-state index contributed by atoms with van der Waals surface area (Å²) in [5, 5.41) is 0.798. The van der Waals surface area contributed by atoms with Crippen LogP contribution in [0.15, 0.2) is 16.9 Å². The zero-order valence-corrected chi connectivity index (χ0v) is 10.9. The first-order valence-electron chi connectivity index (χ1n) is 5.73. The lowest BCUT2D eigenvalue weighted by molar-refractivity contribution is 0.358. The van der Waals surface area contributed by atoms with Gasteiger partial charge in [-0.25, -0.2) is 4.79 Å². The number of hydrogen-bond acceptors (Lipinski definition) is 4. The molecule has 0 aliphatic rings. The molecular formula is C13H16N2O3. The van der Waals surface area contributed by atoms with Crippen LogP contribution in [0.25, 0.3) is 10.9 Å². The van der Waals surface area contributed by atoms with Crippen molar-refractivity contribution in [3.63, 3.8) is 0 Å². The first kappa shape index (κ1) is 12.4. The van der Waals surface area contributed by atoms with Gasteiger partial charge < -0.3 is 14.5 Å². The number of H-pyrrole nitrogens is 1. The third-order valence-corrected chi connectivity index (χ3v) is 2.83. The summed E-state index contributed by atoms with van der Waals surface area (Å²) in [6.07, 6.45) is 0. The fraction of sp³-hybridized carbons (Fsp3) is 0.385. The average molecular weight is 248 g/mol. The molecule has 0 amide bonds. The zero-order chi connectivity index (χ0) is 13.3. The van der Waals surface area contributed by atoms with Gasteiger partial charge in [-0.05, 0) is 18.1 Å². The molecule has 0 spiro atoms. The number of nitrogens with zero attached hydrogens (tertiary/aromatic N) is 1. The molecule has 0 radical (unpaired) electrons. The number of hydrogen-bond donors (Lipinski definition) is 1. The van der Waals surface area contributed by atoms with E-state index < -0.39 is 0 Å². The standard InChI is InChI=1S/C13H16N2O3/c1-7(2)11-10-8(14-13(16)15-11)5-6-9(17-3)12(10)18-4/h5-7H,1-4H3,(H,14,15,16). The summed E-state index contributed by atoms with van der Waals surface area (Å²) in [6.45, 7) is 4.01. The van der Waals surface area contributed by atoms with Gasteiger partial charge in [0.05, 0.1) is 25.1 Å². The number of rotatable bonds is 3. The summed E-state index contributed by atoms with van der Waals surface area (Å²) in [7, 11) is 3.16. The lowest BCUT2D eigenvalue weighted by atomic mass is 10.0. The van der Waals surface area contributed by atoms with Crippen LogP contribution in [0.2, 0.25) is 0 Å². The van der Waals surface area contributed by atoms with Gasteiger partial charge in [0.15, 0.2) is 11.5 Å². The molecule has 5 heteroatoms. The van der Waals surface area contributed by atoms with E-state index in [-0.39, 0.29) is 11.6 Å². The van der Waals surface area contributed by atoms with E-state index in [9.17, 15) is 4.79 Å². The number of methoxy groups -OCH3 is 2. The van der Waals surface area contributed by atoms with Gasteiger partial charge in [-0.2, -0.15) is 4.98 Å². The maximum Gasteiger partial charge on any atom is 0.345 e. The topological polar surface area (TPSA) is 64.2 Å². The summed E-state index contributed by atoms with van der Waals surface area (Å²) in [4.78, 5) is 18.3. The summed E-state index contributed by atoms with van der Waals surface area (Å²) >= 11 is 0. The van der Waals surface area contributed by atoms with E-state index in [1.54, 1.807) is 26.4 Å². The van der Waals surface area contributed by atoms with Crippen molar-refractivity contribution in [1.82, 2.24) is 9.97 Å². The predicted molar refractivity (Wildman–Crippen MR) is 69.6 cm³/mol. The van der Waals surface area contributed by atoms with Gasteiger partial charge in [0, 0.05) is 5.69 Å². The highest BCUT2D eigenvalue weighted by atomic mass is 16.5. The number of nitrogens with one attached hydrogen (secondary N) is 1. The van der Waals surface area contributed by atoms with E-state index in [0.717, 1.165) is 11.1 Å². The van der Waals surface area contributed by atoms with Crippen LogP contribution in [0.3, 0.4) is 0 Å². The molecular weight excluding hydrogens is 232 g/mol. The quantitative estimate of drug-likeness (QED) is 0.903. The monoisotopic (exact) mass is 248 g/mol. The van der Waals surface area contributed by atoms with Crippen LogP contribution in [-0.2, 0) is 0 Å². The largest absolute Gasteiger partial charge is 0.493 e. The molecule has 96 valence electrons. The summed E-state index contributed by atoms with van der Waals surface area (Å²) in [5.41, 5.74) is 1.07. The Labute approximate surface area is 105 Å². The van der Waals surface area contributed by atoms with E-state index >= 15 is 0 Å². The van der Waals surface area contributed by atoms with Gasteiger partial charge in [-0.15, -0.1) is 0 Å². The highest BCUT2D eigenvalue weighted by molar-refractivity contribution is 5.90. The molecule has 0 atom stereocenters. The number of benzene rings is 1. The molecule has 2 aromatic rings. The van der Waals surface area contributed by atoms with Gasteiger partial charge in [0.2, 0.25) is 0 Å². The Morgan fingerprint density at radius 1 is 1.22 bits per heavy atom. The molecule has 5 nitrogen and oxygen atoms in total. The smallest absolute Gasteiger partial charge is 0.345 e. The van der Waals surface area contributed by atoms with Crippen molar-refractivity contribution in [2.45, 2.75) is 19.8 Å². The molecule has 2 rings (SSSR count). The molecule has 18 heavy (non-hydrogen) atoms. The first-order valence-corrected chi connectivity index (χ1v) is 5.73. The fourth-order valence-electron chi connectivity index (χ4n) is 2.02. The van der Waals surface area contributed by atoms with Gasteiger partial charge in [-0.1, -0.05) is 13.8 Å². The number of aromatic amines is 1. The van der Waals surface area contributed by atoms with Gasteiger partial charge in [0.1, 0.15) is 0 Å². The molecule has 0 saturated carbocycles. The maximum atomic E-state index is 11.5. The Kier molecular flexibility index (Phi) is 3.23. The molecule has 0 saturated heterocycles. The fourth-order valence-corrected chi connectivity index (χ4v) is 2.02. The highest BCUT2D eigenvalue weighted by Gasteiger charge is 2.16. The normalized spacial score (nSPS) is 10.9. The molecule has 1 aromatic carbocycles. The molecule has 0 aliphatic carbocycles. The van der Waals surface area contributed by atoms with Crippen LogP contribution in [0.4, 0.5) is 0 Å². The van der Waals surface area contributed by atoms with E-state index in [1.165, 1.54) is 0 Å². The number of fused-ring (bicyclic) bond motifs is 1. The van der Waals surface area contributed by atoms with Crippen LogP contribution in [0.5, 0.6) is 11.5 Å². The van der Waals surface area contributed by atoms with Crippen LogP contribution < -0.4 is 15.2 Å². The minimum Gasteiger partial charge on any atom is -0.493 e. The summed E-state index contributed by atoms with van der Waals surface area (Å²) < 4.78 is 10.7. The molecule has 0 unspecified atom stereocenters. The second-order valence-electron chi connectivity index (χ2n) is 4.31. The lowest BCUT2D eigenvalue weighted by Gasteiger charge is -2.14. The zero-order valence-electron chi connectivity index (χ0n) is 10.9. The van der Waals surface area contributed by atoms with Crippen molar-refractivity contribution in [2.75, 3.05) is 14.2 Å². The van der Waals surface area contributed by atoms with E-state index in [1.807, 2.05) is 13.8 Å². The number of ether oxygens (including phenoxy) is 2. The molecule has 1 aromatic heterocycles. The SMILES string of the molecule is COc1ccc2nc(=O)[nH]c(C(C)C)c2c1OC. The third-order valence-electron chi connectivity index (χ3n) is 2.83. The average Bonchev–Trinajstić information content (AvgIpc) is 2.35. The third kappa shape index (κ3) is 1.92. The van der Waals surface area contributed by atoms with Gasteiger partial charge in [-0.3, -0.25) is 0 Å². The van der Waals surface area contributed by atoms with Crippen LogP contribution in [0, 0.1) is 0 Å². The Balaban J connectivity index is 2.93. The molecule has 1 N–H and O–H groups in total. The first-order chi connectivity index (χ1) is 8.58. The summed E-state index contributed by atoms with van der Waals surface area (Å²) in [6, 6.07) is 3.51. The van der Waals surface area contributed by atoms with Crippen molar-refractivity contribution >= 4 is 10.9 Å². The van der Waals surface area contributed by atoms with Crippen molar-refractivity contribution in [1.29, 1.82) is 0 Å². The Morgan fingerprint density at radius 3 is 2.50 bits per heavy atom. The second-order valence-corrected chi connectivity index (χ2v) is 4.31. The van der Waals surface area contributed by atoms with Crippen molar-refractivity contribution in [3.05, 3.63) is 28.3 Å². The predicted octanol–water partition coefficient (Wildman–Crippen LogP) is 2.06. The van der Waals surface area contributed by atoms with Crippen LogP contribution in [0.1, 0.15) is 25.5 Å². The maximum absolute atomic E-state index is 11.5. The Hall–Kier alpha value is -2.04. The second kappa shape index (κ2) is 4.68. The van der Waals surface area contributed by atoms with Gasteiger partial charge >= 0.3 is 5.69 Å². The van der Waals surface area contributed by atoms with Crippen molar-refractivity contribution in [2.24, 2.45) is 0 Å². The minimum absolute atomic E-state index is 0.157. The van der Waals surface area contributed by atoms with E-state index in [4.69, 9.17) is 9.47 Å². The Bertz CT molecular complexity index is 632. The van der Waals surface area contributed by atoms with Crippen molar-refractivity contribution < 1.29 is 9.47 Å². The van der Waals surface area contributed by atoms with E-state index in [0.29, 0.717) is 17.0 Å². The van der Waals surface area contributed by atoms with Gasteiger partial charge in [0.25, 0.3) is 0 Å². The number of aromatic nitrogens is 2. The highest BCUT2D eigenvalue weighted by Crippen LogP contribution is 2.37. The summed E-state index contributed by atoms with van der Waals surface area (Å²) in [5.74, 6) is 1.38. The molecule has 0 fully saturated rings. The minimum atomic E-state index is -0.349. The molecule has 0 bridgehead atoms.